The minimum Gasteiger partial charge on any atom is -0.493 e. The van der Waals surface area contributed by atoms with Crippen LogP contribution in [0.4, 0.5) is 5.13 Å². The number of anilines is 1. The number of aryl methyl sites for hydroxylation is 1. The molecule has 4 aromatic rings. The molecule has 7 heteroatoms. The molecule has 0 fully saturated rings. The van der Waals surface area contributed by atoms with Crippen LogP contribution in [0.15, 0.2) is 66.0 Å². The maximum absolute atomic E-state index is 12.7. The van der Waals surface area contributed by atoms with Crippen LogP contribution in [0.2, 0.25) is 0 Å². The summed E-state index contributed by atoms with van der Waals surface area (Å²) in [6.07, 6.45) is 0. The van der Waals surface area contributed by atoms with Crippen LogP contribution in [0, 0.1) is 6.92 Å². The molecule has 29 heavy (non-hydrogen) atoms. The number of nitrogens with one attached hydrogen (secondary N) is 1. The monoisotopic (exact) mass is 404 g/mol. The van der Waals surface area contributed by atoms with E-state index in [1.807, 2.05) is 73.8 Å². The van der Waals surface area contributed by atoms with E-state index in [2.05, 4.69) is 15.4 Å². The molecule has 0 bridgehead atoms. The highest BCUT2D eigenvalue weighted by Gasteiger charge is 2.16. The molecule has 0 aliphatic rings. The summed E-state index contributed by atoms with van der Waals surface area (Å²) in [4.78, 5) is 17.2. The molecule has 0 radical (unpaired) electrons. The SMILES string of the molecule is CCOc1ccccc1-c1csc(NC(=O)c2cc(C)n(-c3ccccc3)n2)n1. The maximum Gasteiger partial charge on any atom is 0.277 e. The Morgan fingerprint density at radius 2 is 1.90 bits per heavy atom. The van der Waals surface area contributed by atoms with E-state index in [0.29, 0.717) is 17.4 Å². The molecular weight excluding hydrogens is 384 g/mol. The Bertz CT molecular complexity index is 1130. The number of ether oxygens (including phenoxy) is 1. The van der Waals surface area contributed by atoms with Crippen molar-refractivity contribution in [2.24, 2.45) is 0 Å². The van der Waals surface area contributed by atoms with E-state index in [0.717, 1.165) is 28.4 Å². The van der Waals surface area contributed by atoms with E-state index < -0.39 is 0 Å². The molecule has 0 saturated carbocycles. The quantitative estimate of drug-likeness (QED) is 0.493. The number of rotatable bonds is 6. The third kappa shape index (κ3) is 4.05. The Labute approximate surface area is 172 Å². The number of para-hydroxylation sites is 2. The fourth-order valence-electron chi connectivity index (χ4n) is 2.99. The number of nitrogens with zero attached hydrogens (tertiary/aromatic N) is 3. The van der Waals surface area contributed by atoms with Gasteiger partial charge in [0.25, 0.3) is 5.91 Å². The molecule has 0 aliphatic heterocycles. The fourth-order valence-corrected chi connectivity index (χ4v) is 3.70. The van der Waals surface area contributed by atoms with Crippen molar-refractivity contribution < 1.29 is 9.53 Å². The van der Waals surface area contributed by atoms with E-state index in [1.165, 1.54) is 11.3 Å². The minimum atomic E-state index is -0.290. The molecule has 6 nitrogen and oxygen atoms in total. The van der Waals surface area contributed by atoms with E-state index in [4.69, 9.17) is 4.74 Å². The Morgan fingerprint density at radius 3 is 2.69 bits per heavy atom. The van der Waals surface area contributed by atoms with Crippen LogP contribution in [-0.4, -0.2) is 27.3 Å². The molecule has 0 atom stereocenters. The Hall–Kier alpha value is -3.45. The Morgan fingerprint density at radius 1 is 1.14 bits per heavy atom. The van der Waals surface area contributed by atoms with Gasteiger partial charge < -0.3 is 4.74 Å². The summed E-state index contributed by atoms with van der Waals surface area (Å²) in [6.45, 7) is 4.44. The smallest absolute Gasteiger partial charge is 0.277 e. The van der Waals surface area contributed by atoms with Crippen molar-refractivity contribution in [1.29, 1.82) is 0 Å². The molecule has 0 unspecified atom stereocenters. The van der Waals surface area contributed by atoms with Crippen LogP contribution in [-0.2, 0) is 0 Å². The van der Waals surface area contributed by atoms with Crippen LogP contribution in [0.1, 0.15) is 23.1 Å². The zero-order chi connectivity index (χ0) is 20.2. The van der Waals surface area contributed by atoms with Gasteiger partial charge in [0, 0.05) is 16.6 Å². The van der Waals surface area contributed by atoms with E-state index in [9.17, 15) is 4.79 Å². The first-order chi connectivity index (χ1) is 14.2. The van der Waals surface area contributed by atoms with Crippen LogP contribution in [0.3, 0.4) is 0 Å². The van der Waals surface area contributed by atoms with Crippen LogP contribution in [0.25, 0.3) is 16.9 Å². The topological polar surface area (TPSA) is 69.0 Å². The molecule has 1 amide bonds. The number of hydrogen-bond acceptors (Lipinski definition) is 5. The van der Waals surface area contributed by atoms with Gasteiger partial charge in [-0.1, -0.05) is 30.3 Å². The van der Waals surface area contributed by atoms with Crippen molar-refractivity contribution >= 4 is 22.4 Å². The predicted molar refractivity (Wildman–Crippen MR) is 115 cm³/mol. The highest BCUT2D eigenvalue weighted by molar-refractivity contribution is 7.14. The first-order valence-corrected chi connectivity index (χ1v) is 10.1. The second kappa shape index (κ2) is 8.28. The van der Waals surface area contributed by atoms with Crippen molar-refractivity contribution in [3.05, 3.63) is 77.4 Å². The number of carbonyl (C=O) groups excluding carboxylic acids is 1. The lowest BCUT2D eigenvalue weighted by molar-refractivity contribution is 0.102. The molecule has 0 spiro atoms. The molecule has 2 aromatic carbocycles. The summed E-state index contributed by atoms with van der Waals surface area (Å²) >= 11 is 1.37. The molecule has 2 heterocycles. The highest BCUT2D eigenvalue weighted by atomic mass is 32.1. The largest absolute Gasteiger partial charge is 0.493 e. The number of hydrogen-bond donors (Lipinski definition) is 1. The normalized spacial score (nSPS) is 10.7. The average molecular weight is 404 g/mol. The van der Waals surface area contributed by atoms with Crippen molar-refractivity contribution in [3.8, 4) is 22.7 Å². The average Bonchev–Trinajstić information content (AvgIpc) is 3.36. The summed E-state index contributed by atoms with van der Waals surface area (Å²) in [6, 6.07) is 19.2. The minimum absolute atomic E-state index is 0.290. The van der Waals surface area contributed by atoms with Crippen LogP contribution in [0.5, 0.6) is 5.75 Å². The first kappa shape index (κ1) is 18.9. The molecular formula is C22H20N4O2S. The molecule has 2 aromatic heterocycles. The van der Waals surface area contributed by atoms with E-state index in [1.54, 1.807) is 10.7 Å². The third-order valence-corrected chi connectivity index (χ3v) is 5.07. The van der Waals surface area contributed by atoms with Gasteiger partial charge in [0.05, 0.1) is 18.0 Å². The fraction of sp³-hybridized carbons (Fsp3) is 0.136. The molecule has 1 N–H and O–H groups in total. The van der Waals surface area contributed by atoms with Gasteiger partial charge >= 0.3 is 0 Å². The van der Waals surface area contributed by atoms with Crippen molar-refractivity contribution in [3.63, 3.8) is 0 Å². The molecule has 0 saturated heterocycles. The number of carbonyl (C=O) groups is 1. The Kier molecular flexibility index (Phi) is 5.39. The second-order valence-corrected chi connectivity index (χ2v) is 7.20. The molecule has 4 rings (SSSR count). The number of aromatic nitrogens is 3. The molecule has 0 aliphatic carbocycles. The van der Waals surface area contributed by atoms with Crippen LogP contribution >= 0.6 is 11.3 Å². The lowest BCUT2D eigenvalue weighted by atomic mass is 10.1. The van der Waals surface area contributed by atoms with Gasteiger partial charge in [-0.2, -0.15) is 5.10 Å². The summed E-state index contributed by atoms with van der Waals surface area (Å²) in [5.41, 5.74) is 3.80. The standard InChI is InChI=1S/C22H20N4O2S/c1-3-28-20-12-8-7-11-17(20)19-14-29-22(23-19)24-21(27)18-13-15(2)26(25-18)16-9-5-4-6-10-16/h4-14H,3H2,1-2H3,(H,23,24,27). The van der Waals surface area contributed by atoms with Crippen molar-refractivity contribution in [2.45, 2.75) is 13.8 Å². The summed E-state index contributed by atoms with van der Waals surface area (Å²) < 4.78 is 7.42. The van der Waals surface area contributed by atoms with Gasteiger partial charge in [-0.25, -0.2) is 9.67 Å². The number of thiazole rings is 1. The Balaban J connectivity index is 1.54. The number of benzene rings is 2. The van der Waals surface area contributed by atoms with E-state index >= 15 is 0 Å². The second-order valence-electron chi connectivity index (χ2n) is 6.34. The predicted octanol–water partition coefficient (Wildman–Crippen LogP) is 4.96. The lowest BCUT2D eigenvalue weighted by Crippen LogP contribution is -2.13. The third-order valence-electron chi connectivity index (χ3n) is 4.31. The van der Waals surface area contributed by atoms with Crippen LogP contribution < -0.4 is 10.1 Å². The van der Waals surface area contributed by atoms with E-state index in [-0.39, 0.29) is 5.91 Å². The summed E-state index contributed by atoms with van der Waals surface area (Å²) in [5, 5.41) is 9.71. The van der Waals surface area contributed by atoms with Gasteiger partial charge in [-0.3, -0.25) is 10.1 Å². The van der Waals surface area contributed by atoms with Crippen molar-refractivity contribution in [1.82, 2.24) is 14.8 Å². The van der Waals surface area contributed by atoms with Gasteiger partial charge in [-0.15, -0.1) is 11.3 Å². The van der Waals surface area contributed by atoms with Gasteiger partial charge in [0.15, 0.2) is 10.8 Å². The molecule has 146 valence electrons. The van der Waals surface area contributed by atoms with Gasteiger partial charge in [0.1, 0.15) is 5.75 Å². The van der Waals surface area contributed by atoms with Gasteiger partial charge in [-0.05, 0) is 44.2 Å². The summed E-state index contributed by atoms with van der Waals surface area (Å²) in [5.74, 6) is 0.483. The van der Waals surface area contributed by atoms with Gasteiger partial charge in [0.2, 0.25) is 0 Å². The zero-order valence-corrected chi connectivity index (χ0v) is 16.9. The maximum atomic E-state index is 12.7. The zero-order valence-electron chi connectivity index (χ0n) is 16.1. The highest BCUT2D eigenvalue weighted by Crippen LogP contribution is 2.32. The number of amides is 1. The first-order valence-electron chi connectivity index (χ1n) is 9.27. The summed E-state index contributed by atoms with van der Waals surface area (Å²) in [7, 11) is 0. The van der Waals surface area contributed by atoms with Crippen molar-refractivity contribution in [2.75, 3.05) is 11.9 Å². The lowest BCUT2D eigenvalue weighted by Gasteiger charge is -2.07.